The zero-order valence-electron chi connectivity index (χ0n) is 11.3. The Morgan fingerprint density at radius 1 is 1.20 bits per heavy atom. The van der Waals surface area contributed by atoms with Crippen LogP contribution in [-0.4, -0.2) is 11.1 Å². The summed E-state index contributed by atoms with van der Waals surface area (Å²) >= 11 is 5.98. The van der Waals surface area contributed by atoms with E-state index in [4.69, 9.17) is 21.4 Å². The number of aliphatic hydroxyl groups is 1. The van der Waals surface area contributed by atoms with Crippen molar-refractivity contribution in [3.8, 4) is 5.75 Å². The second-order valence-electron chi connectivity index (χ2n) is 4.59. The van der Waals surface area contributed by atoms with Crippen LogP contribution in [0.4, 0.5) is 0 Å². The molecule has 0 saturated carbocycles. The molecule has 0 aliphatic rings. The Kier molecular flexibility index (Phi) is 4.42. The Bertz CT molecular complexity index is 627. The lowest BCUT2D eigenvalue weighted by Gasteiger charge is -2.12. The Hall–Kier alpha value is -1.84. The highest BCUT2D eigenvalue weighted by atomic mass is 35.5. The molecular weight excluding hydrogens is 276 g/mol. The summed E-state index contributed by atoms with van der Waals surface area (Å²) in [4.78, 5) is 12.1. The summed E-state index contributed by atoms with van der Waals surface area (Å²) in [5.41, 5.74) is 2.72. The van der Waals surface area contributed by atoms with E-state index >= 15 is 0 Å². The molecular formula is C16H15ClO3. The third kappa shape index (κ3) is 3.00. The van der Waals surface area contributed by atoms with Crippen molar-refractivity contribution in [2.75, 3.05) is 0 Å². The number of rotatable bonds is 3. The van der Waals surface area contributed by atoms with Gasteiger partial charge >= 0.3 is 5.97 Å². The fraction of sp³-hybridized carbons (Fsp3) is 0.188. The van der Waals surface area contributed by atoms with Crippen molar-refractivity contribution in [3.63, 3.8) is 0 Å². The van der Waals surface area contributed by atoms with Crippen LogP contribution >= 0.6 is 11.6 Å². The standard InChI is InChI=1S/C16H15ClO3/c1-10-7-12(9-18)8-11(2)15(10)20-16(19)13-5-3-4-6-14(13)17/h3-8,18H,9H2,1-2H3. The number of halogens is 1. The Morgan fingerprint density at radius 2 is 1.80 bits per heavy atom. The van der Waals surface area contributed by atoms with Gasteiger partial charge < -0.3 is 9.84 Å². The number of esters is 1. The van der Waals surface area contributed by atoms with E-state index in [9.17, 15) is 4.79 Å². The molecule has 0 aromatic heterocycles. The Balaban J connectivity index is 2.31. The summed E-state index contributed by atoms with van der Waals surface area (Å²) in [6.45, 7) is 3.63. The summed E-state index contributed by atoms with van der Waals surface area (Å²) in [6, 6.07) is 10.3. The van der Waals surface area contributed by atoms with E-state index in [0.29, 0.717) is 16.3 Å². The van der Waals surface area contributed by atoms with Crippen molar-refractivity contribution < 1.29 is 14.6 Å². The molecule has 104 valence electrons. The summed E-state index contributed by atoms with van der Waals surface area (Å²) in [7, 11) is 0. The van der Waals surface area contributed by atoms with Gasteiger partial charge in [0.2, 0.25) is 0 Å². The summed E-state index contributed by atoms with van der Waals surface area (Å²) in [6.07, 6.45) is 0. The molecule has 0 spiro atoms. The van der Waals surface area contributed by atoms with Gasteiger partial charge in [-0.1, -0.05) is 35.9 Å². The first-order chi connectivity index (χ1) is 9.52. The molecule has 3 nitrogen and oxygen atoms in total. The van der Waals surface area contributed by atoms with Crippen molar-refractivity contribution in [1.82, 2.24) is 0 Å². The molecule has 2 aromatic carbocycles. The maximum atomic E-state index is 12.1. The van der Waals surface area contributed by atoms with Gasteiger partial charge in [0, 0.05) is 0 Å². The van der Waals surface area contributed by atoms with Gasteiger partial charge in [0.1, 0.15) is 5.75 Å². The van der Waals surface area contributed by atoms with Gasteiger partial charge in [0.15, 0.2) is 0 Å². The average Bonchev–Trinajstić information content (AvgIpc) is 2.42. The average molecular weight is 291 g/mol. The number of aliphatic hydroxyl groups excluding tert-OH is 1. The van der Waals surface area contributed by atoms with E-state index in [1.807, 2.05) is 13.8 Å². The largest absolute Gasteiger partial charge is 0.422 e. The monoisotopic (exact) mass is 290 g/mol. The first kappa shape index (κ1) is 14.6. The van der Waals surface area contributed by atoms with Crippen molar-refractivity contribution in [2.45, 2.75) is 20.5 Å². The van der Waals surface area contributed by atoms with Gasteiger partial charge in [0.05, 0.1) is 17.2 Å². The van der Waals surface area contributed by atoms with Gasteiger partial charge in [-0.15, -0.1) is 0 Å². The molecule has 0 amide bonds. The number of carbonyl (C=O) groups excluding carboxylic acids is 1. The van der Waals surface area contributed by atoms with Gasteiger partial charge in [-0.05, 0) is 42.7 Å². The predicted molar refractivity (Wildman–Crippen MR) is 78.2 cm³/mol. The maximum Gasteiger partial charge on any atom is 0.345 e. The topological polar surface area (TPSA) is 46.5 Å². The van der Waals surface area contributed by atoms with Crippen LogP contribution < -0.4 is 4.74 Å². The minimum Gasteiger partial charge on any atom is -0.422 e. The first-order valence-electron chi connectivity index (χ1n) is 6.20. The third-order valence-corrected chi connectivity index (χ3v) is 3.32. The molecule has 0 aliphatic carbocycles. The maximum absolute atomic E-state index is 12.1. The van der Waals surface area contributed by atoms with Crippen molar-refractivity contribution in [3.05, 3.63) is 63.7 Å². The molecule has 2 rings (SSSR count). The van der Waals surface area contributed by atoms with Crippen LogP contribution in [0.1, 0.15) is 27.0 Å². The zero-order valence-corrected chi connectivity index (χ0v) is 12.1. The van der Waals surface area contributed by atoms with Crippen molar-refractivity contribution >= 4 is 17.6 Å². The lowest BCUT2D eigenvalue weighted by atomic mass is 10.1. The lowest BCUT2D eigenvalue weighted by Crippen LogP contribution is -2.11. The van der Waals surface area contributed by atoms with Gasteiger partial charge in [-0.3, -0.25) is 0 Å². The SMILES string of the molecule is Cc1cc(CO)cc(C)c1OC(=O)c1ccccc1Cl. The molecule has 4 heteroatoms. The van der Waals surface area contributed by atoms with E-state index in [0.717, 1.165) is 16.7 Å². The number of hydrogen-bond donors (Lipinski definition) is 1. The van der Waals surface area contributed by atoms with Gasteiger partial charge in [-0.2, -0.15) is 0 Å². The fourth-order valence-corrected chi connectivity index (χ4v) is 2.28. The number of carbonyl (C=O) groups is 1. The van der Waals surface area contributed by atoms with Crippen LogP contribution in [0.15, 0.2) is 36.4 Å². The number of aryl methyl sites for hydroxylation is 2. The second-order valence-corrected chi connectivity index (χ2v) is 4.99. The molecule has 0 heterocycles. The highest BCUT2D eigenvalue weighted by Crippen LogP contribution is 2.27. The highest BCUT2D eigenvalue weighted by molar-refractivity contribution is 6.33. The molecule has 0 radical (unpaired) electrons. The molecule has 0 atom stereocenters. The minimum absolute atomic E-state index is 0.0413. The van der Waals surface area contributed by atoms with E-state index in [1.54, 1.807) is 36.4 Å². The highest BCUT2D eigenvalue weighted by Gasteiger charge is 2.15. The van der Waals surface area contributed by atoms with Crippen LogP contribution in [-0.2, 0) is 6.61 Å². The lowest BCUT2D eigenvalue weighted by molar-refractivity contribution is 0.0732. The Labute approximate surface area is 122 Å². The van der Waals surface area contributed by atoms with E-state index in [1.165, 1.54) is 0 Å². The first-order valence-corrected chi connectivity index (χ1v) is 6.58. The smallest absolute Gasteiger partial charge is 0.345 e. The summed E-state index contributed by atoms with van der Waals surface area (Å²) < 4.78 is 5.44. The van der Waals surface area contributed by atoms with Crippen molar-refractivity contribution in [1.29, 1.82) is 0 Å². The molecule has 2 aromatic rings. The quantitative estimate of drug-likeness (QED) is 0.693. The summed E-state index contributed by atoms with van der Waals surface area (Å²) in [5, 5.41) is 9.51. The summed E-state index contributed by atoms with van der Waals surface area (Å²) in [5.74, 6) is 0.0191. The van der Waals surface area contributed by atoms with Gasteiger partial charge in [0.25, 0.3) is 0 Å². The minimum atomic E-state index is -0.487. The number of ether oxygens (including phenoxy) is 1. The van der Waals surface area contributed by atoms with E-state index in [2.05, 4.69) is 0 Å². The molecule has 1 N–H and O–H groups in total. The van der Waals surface area contributed by atoms with Crippen LogP contribution in [0.2, 0.25) is 5.02 Å². The van der Waals surface area contributed by atoms with E-state index < -0.39 is 5.97 Å². The molecule has 0 aliphatic heterocycles. The molecule has 20 heavy (non-hydrogen) atoms. The zero-order chi connectivity index (χ0) is 14.7. The third-order valence-electron chi connectivity index (χ3n) is 2.99. The normalized spacial score (nSPS) is 10.4. The van der Waals surface area contributed by atoms with Crippen LogP contribution in [0.25, 0.3) is 0 Å². The molecule has 0 unspecified atom stereocenters. The molecule has 0 saturated heterocycles. The number of benzene rings is 2. The van der Waals surface area contributed by atoms with Gasteiger partial charge in [-0.25, -0.2) is 4.79 Å². The predicted octanol–water partition coefficient (Wildman–Crippen LogP) is 3.67. The van der Waals surface area contributed by atoms with Crippen LogP contribution in [0.5, 0.6) is 5.75 Å². The molecule has 0 fully saturated rings. The van der Waals surface area contributed by atoms with E-state index in [-0.39, 0.29) is 6.61 Å². The fourth-order valence-electron chi connectivity index (χ4n) is 2.07. The van der Waals surface area contributed by atoms with Crippen LogP contribution in [0.3, 0.4) is 0 Å². The molecule has 0 bridgehead atoms. The second kappa shape index (κ2) is 6.07. The van der Waals surface area contributed by atoms with Crippen LogP contribution in [0, 0.1) is 13.8 Å². The number of hydrogen-bond acceptors (Lipinski definition) is 3. The Morgan fingerprint density at radius 3 is 2.35 bits per heavy atom. The van der Waals surface area contributed by atoms with Crippen molar-refractivity contribution in [2.24, 2.45) is 0 Å².